The van der Waals surface area contributed by atoms with Gasteiger partial charge in [-0.25, -0.2) is 0 Å². The van der Waals surface area contributed by atoms with Crippen molar-refractivity contribution in [3.63, 3.8) is 0 Å². The minimum Gasteiger partial charge on any atom is -0.492 e. The zero-order valence-corrected chi connectivity index (χ0v) is 23.6. The fourth-order valence-corrected chi connectivity index (χ4v) is 6.13. The molecule has 1 N–H and O–H groups in total. The van der Waals surface area contributed by atoms with E-state index in [2.05, 4.69) is 10.4 Å². The minimum atomic E-state index is -0.351. The van der Waals surface area contributed by atoms with E-state index in [4.69, 9.17) is 9.47 Å². The lowest BCUT2D eigenvalue weighted by atomic mass is 9.88. The molecule has 3 amide bonds. The van der Waals surface area contributed by atoms with Crippen LogP contribution in [-0.2, 0) is 25.7 Å². The molecule has 3 aliphatic heterocycles. The third kappa shape index (κ3) is 6.66. The summed E-state index contributed by atoms with van der Waals surface area (Å²) in [5, 5.41) is 7.57. The molecule has 0 saturated carbocycles. The number of rotatable bonds is 4. The molecule has 2 fully saturated rings. The molecule has 4 heterocycles. The van der Waals surface area contributed by atoms with E-state index in [0.29, 0.717) is 77.7 Å². The van der Waals surface area contributed by atoms with Gasteiger partial charge in [-0.15, -0.1) is 0 Å². The molecule has 0 aliphatic carbocycles. The molecule has 216 valence electrons. The van der Waals surface area contributed by atoms with E-state index in [1.807, 2.05) is 58.7 Å². The number of hydrogen-bond donors (Lipinski definition) is 1. The predicted molar refractivity (Wildman–Crippen MR) is 149 cm³/mol. The van der Waals surface area contributed by atoms with Gasteiger partial charge in [0.15, 0.2) is 0 Å². The quantitative estimate of drug-likeness (QED) is 0.625. The molecule has 0 radical (unpaired) electrons. The zero-order chi connectivity index (χ0) is 28.1. The number of hydrogen-bond acceptors (Lipinski definition) is 6. The number of carbonyl (C=O) groups excluding carboxylic acids is 3. The van der Waals surface area contributed by atoms with Crippen molar-refractivity contribution in [1.29, 1.82) is 0 Å². The highest BCUT2D eigenvalue weighted by molar-refractivity contribution is 5.83. The van der Waals surface area contributed by atoms with Crippen LogP contribution in [0.1, 0.15) is 48.6 Å². The number of aryl methyl sites for hydroxylation is 3. The Morgan fingerprint density at radius 1 is 1.02 bits per heavy atom. The maximum absolute atomic E-state index is 13.4. The summed E-state index contributed by atoms with van der Waals surface area (Å²) < 4.78 is 13.4. The number of aromatic nitrogens is 2. The number of fused-ring (bicyclic) bond motifs is 4. The first-order chi connectivity index (χ1) is 19.4. The Labute approximate surface area is 236 Å². The van der Waals surface area contributed by atoms with Crippen LogP contribution in [0.3, 0.4) is 0 Å². The van der Waals surface area contributed by atoms with Crippen molar-refractivity contribution >= 4 is 17.7 Å². The number of amides is 3. The van der Waals surface area contributed by atoms with E-state index in [1.165, 1.54) is 0 Å². The van der Waals surface area contributed by atoms with Crippen LogP contribution in [0.4, 0.5) is 0 Å². The SMILES string of the molecule is Cc1cc(C)n(CCC(=O)N2C[C@@H]3C(=O)NCCCN(C(=O)C4CCOCC4)CCOc4cccc(c4)[C@H]3C2)n1. The van der Waals surface area contributed by atoms with Gasteiger partial charge in [-0.1, -0.05) is 12.1 Å². The Hall–Kier alpha value is -3.40. The van der Waals surface area contributed by atoms with E-state index < -0.39 is 0 Å². The van der Waals surface area contributed by atoms with Gasteiger partial charge in [-0.05, 0) is 56.9 Å². The second-order valence-corrected chi connectivity index (χ2v) is 11.2. The monoisotopic (exact) mass is 551 g/mol. The summed E-state index contributed by atoms with van der Waals surface area (Å²) in [5.41, 5.74) is 2.95. The van der Waals surface area contributed by atoms with E-state index in [0.717, 1.165) is 29.8 Å². The standard InChI is InChI=1S/C30H41N5O5/c1-21-17-22(2)35(32-21)12-7-28(36)34-19-26-24-5-3-6-25(18-24)40-16-13-33(30(38)23-8-14-39-15-9-23)11-4-10-31-29(37)27(26)20-34/h3,5-6,17-18,23,26-27H,4,7-16,19-20H2,1-2H3,(H,31,37)/t26-,27+/m1/s1. The Morgan fingerprint density at radius 3 is 2.60 bits per heavy atom. The van der Waals surface area contributed by atoms with Crippen molar-refractivity contribution in [3.8, 4) is 5.75 Å². The summed E-state index contributed by atoms with van der Waals surface area (Å²) in [6.45, 7) is 8.50. The van der Waals surface area contributed by atoms with Gasteiger partial charge in [0.05, 0.1) is 18.2 Å². The molecule has 40 heavy (non-hydrogen) atoms. The summed E-state index contributed by atoms with van der Waals surface area (Å²) in [5.74, 6) is 0.345. The van der Waals surface area contributed by atoms with Crippen molar-refractivity contribution < 1.29 is 23.9 Å². The van der Waals surface area contributed by atoms with Gasteiger partial charge >= 0.3 is 0 Å². The molecule has 0 spiro atoms. The Bertz CT molecular complexity index is 1210. The molecule has 5 rings (SSSR count). The number of likely N-dealkylation sites (tertiary alicyclic amines) is 1. The summed E-state index contributed by atoms with van der Waals surface area (Å²) in [7, 11) is 0. The Balaban J connectivity index is 1.27. The first kappa shape index (κ1) is 28.1. The van der Waals surface area contributed by atoms with Gasteiger partial charge in [-0.3, -0.25) is 19.1 Å². The van der Waals surface area contributed by atoms with Gasteiger partial charge in [0.2, 0.25) is 17.7 Å². The first-order valence-corrected chi connectivity index (χ1v) is 14.5. The minimum absolute atomic E-state index is 0.0189. The van der Waals surface area contributed by atoms with Crippen LogP contribution in [0.15, 0.2) is 30.3 Å². The second kappa shape index (κ2) is 12.8. The highest BCUT2D eigenvalue weighted by atomic mass is 16.5. The number of nitrogens with one attached hydrogen (secondary N) is 1. The first-order valence-electron chi connectivity index (χ1n) is 14.5. The maximum Gasteiger partial charge on any atom is 0.225 e. The number of ether oxygens (including phenoxy) is 2. The van der Waals surface area contributed by atoms with Crippen LogP contribution in [0.2, 0.25) is 0 Å². The van der Waals surface area contributed by atoms with Crippen LogP contribution in [0.25, 0.3) is 0 Å². The van der Waals surface area contributed by atoms with E-state index in [1.54, 1.807) is 0 Å². The van der Waals surface area contributed by atoms with Crippen LogP contribution in [0, 0.1) is 25.7 Å². The van der Waals surface area contributed by atoms with Crippen LogP contribution >= 0.6 is 0 Å². The molecule has 0 unspecified atom stereocenters. The molecule has 2 atom stereocenters. The van der Waals surface area contributed by atoms with Crippen molar-refractivity contribution in [1.82, 2.24) is 24.9 Å². The van der Waals surface area contributed by atoms with Gasteiger partial charge in [0.1, 0.15) is 12.4 Å². The third-order valence-electron chi connectivity index (χ3n) is 8.35. The van der Waals surface area contributed by atoms with E-state index in [9.17, 15) is 14.4 Å². The van der Waals surface area contributed by atoms with Crippen LogP contribution in [-0.4, -0.2) is 89.8 Å². The summed E-state index contributed by atoms with van der Waals surface area (Å²) in [6.07, 6.45) is 2.49. The average molecular weight is 552 g/mol. The highest BCUT2D eigenvalue weighted by Gasteiger charge is 2.40. The molecular formula is C30H41N5O5. The molecule has 10 nitrogen and oxygen atoms in total. The van der Waals surface area contributed by atoms with Gasteiger partial charge in [-0.2, -0.15) is 5.10 Å². The normalized spacial score (nSPS) is 22.7. The molecule has 1 aromatic heterocycles. The summed E-state index contributed by atoms with van der Waals surface area (Å²) >= 11 is 0. The molecular weight excluding hydrogens is 510 g/mol. The smallest absolute Gasteiger partial charge is 0.225 e. The fraction of sp³-hybridized carbons (Fsp3) is 0.600. The lowest BCUT2D eigenvalue weighted by Crippen LogP contribution is -2.42. The van der Waals surface area contributed by atoms with Gasteiger partial charge in [0.25, 0.3) is 0 Å². The lowest BCUT2D eigenvalue weighted by Gasteiger charge is -2.30. The summed E-state index contributed by atoms with van der Waals surface area (Å²) in [4.78, 5) is 43.6. The van der Waals surface area contributed by atoms with Gasteiger partial charge in [0, 0.05) is 69.9 Å². The molecule has 1 aromatic carbocycles. The lowest BCUT2D eigenvalue weighted by molar-refractivity contribution is -0.139. The molecule has 2 bridgehead atoms. The van der Waals surface area contributed by atoms with Crippen molar-refractivity contribution in [3.05, 3.63) is 47.3 Å². The Kier molecular flexibility index (Phi) is 9.04. The van der Waals surface area contributed by atoms with Crippen LogP contribution < -0.4 is 10.1 Å². The molecule has 10 heteroatoms. The maximum atomic E-state index is 13.4. The third-order valence-corrected chi connectivity index (χ3v) is 8.35. The highest BCUT2D eigenvalue weighted by Crippen LogP contribution is 2.35. The predicted octanol–water partition coefficient (Wildman–Crippen LogP) is 2.29. The average Bonchev–Trinajstić information content (AvgIpc) is 3.55. The Morgan fingerprint density at radius 2 is 1.82 bits per heavy atom. The molecule has 3 aliphatic rings. The largest absolute Gasteiger partial charge is 0.492 e. The van der Waals surface area contributed by atoms with Gasteiger partial charge < -0.3 is 24.6 Å². The zero-order valence-electron chi connectivity index (χ0n) is 23.6. The van der Waals surface area contributed by atoms with E-state index in [-0.39, 0.29) is 35.5 Å². The summed E-state index contributed by atoms with van der Waals surface area (Å²) in [6, 6.07) is 9.83. The van der Waals surface area contributed by atoms with E-state index >= 15 is 0 Å². The number of benzene rings is 1. The van der Waals surface area contributed by atoms with Crippen molar-refractivity contribution in [2.75, 3.05) is 52.5 Å². The molecule has 2 saturated heterocycles. The number of carbonyl (C=O) groups is 3. The number of nitrogens with zero attached hydrogens (tertiary/aromatic N) is 4. The second-order valence-electron chi connectivity index (χ2n) is 11.2. The van der Waals surface area contributed by atoms with Crippen molar-refractivity contribution in [2.45, 2.75) is 52.0 Å². The fourth-order valence-electron chi connectivity index (χ4n) is 6.13. The topological polar surface area (TPSA) is 106 Å². The van der Waals surface area contributed by atoms with Crippen molar-refractivity contribution in [2.24, 2.45) is 11.8 Å². The van der Waals surface area contributed by atoms with Crippen LogP contribution in [0.5, 0.6) is 5.75 Å². The molecule has 2 aromatic rings.